The van der Waals surface area contributed by atoms with Crippen molar-refractivity contribution in [2.75, 3.05) is 11.4 Å². The molecule has 0 aromatic heterocycles. The third kappa shape index (κ3) is 2.48. The molecule has 0 unspecified atom stereocenters. The minimum Gasteiger partial charge on any atom is -0.366 e. The molecule has 0 bridgehead atoms. The van der Waals surface area contributed by atoms with Crippen molar-refractivity contribution in [2.24, 2.45) is 0 Å². The zero-order valence-electron chi connectivity index (χ0n) is 10.4. The first-order chi connectivity index (χ1) is 8.15. The van der Waals surface area contributed by atoms with Crippen LogP contribution in [-0.2, 0) is 0 Å². The summed E-state index contributed by atoms with van der Waals surface area (Å²) >= 11 is 0. The van der Waals surface area contributed by atoms with Gasteiger partial charge >= 0.3 is 0 Å². The molecule has 2 rings (SSSR count). The molecule has 1 fully saturated rings. The van der Waals surface area contributed by atoms with E-state index in [0.717, 1.165) is 25.8 Å². The highest BCUT2D eigenvalue weighted by Crippen LogP contribution is 2.35. The SMILES string of the molecule is CCCN(c1c(F)cccc1C(C)=O)C1CC1. The Morgan fingerprint density at radius 1 is 1.47 bits per heavy atom. The Balaban J connectivity index is 2.43. The lowest BCUT2D eigenvalue weighted by Crippen LogP contribution is -2.29. The number of benzene rings is 1. The molecular formula is C14H18FNO. The number of rotatable bonds is 5. The quantitative estimate of drug-likeness (QED) is 0.729. The topological polar surface area (TPSA) is 20.3 Å². The molecule has 0 aliphatic heterocycles. The summed E-state index contributed by atoms with van der Waals surface area (Å²) in [6, 6.07) is 5.18. The van der Waals surface area contributed by atoms with E-state index in [4.69, 9.17) is 0 Å². The van der Waals surface area contributed by atoms with Gasteiger partial charge in [-0.25, -0.2) is 4.39 Å². The van der Waals surface area contributed by atoms with Crippen molar-refractivity contribution in [3.05, 3.63) is 29.6 Å². The summed E-state index contributed by atoms with van der Waals surface area (Å²) in [7, 11) is 0. The number of ketones is 1. The van der Waals surface area contributed by atoms with Crippen LogP contribution in [0, 0.1) is 5.82 Å². The molecule has 1 saturated carbocycles. The highest BCUT2D eigenvalue weighted by Gasteiger charge is 2.32. The Kier molecular flexibility index (Phi) is 3.46. The number of carbonyl (C=O) groups excluding carboxylic acids is 1. The van der Waals surface area contributed by atoms with Gasteiger partial charge in [0.25, 0.3) is 0 Å². The molecule has 92 valence electrons. The van der Waals surface area contributed by atoms with Gasteiger partial charge in [0.2, 0.25) is 0 Å². The Bertz CT molecular complexity index is 426. The maximum absolute atomic E-state index is 14.0. The maximum atomic E-state index is 14.0. The fraction of sp³-hybridized carbons (Fsp3) is 0.500. The lowest BCUT2D eigenvalue weighted by Gasteiger charge is -2.26. The van der Waals surface area contributed by atoms with E-state index >= 15 is 0 Å². The second kappa shape index (κ2) is 4.86. The van der Waals surface area contributed by atoms with Crippen molar-refractivity contribution in [1.82, 2.24) is 0 Å². The molecule has 0 atom stereocenters. The summed E-state index contributed by atoms with van der Waals surface area (Å²) in [4.78, 5) is 13.6. The molecular weight excluding hydrogens is 217 g/mol. The molecule has 0 spiro atoms. The number of carbonyl (C=O) groups is 1. The van der Waals surface area contributed by atoms with E-state index in [-0.39, 0.29) is 11.6 Å². The summed E-state index contributed by atoms with van der Waals surface area (Å²) in [6.45, 7) is 4.38. The monoisotopic (exact) mass is 235 g/mol. The predicted molar refractivity (Wildman–Crippen MR) is 67.1 cm³/mol. The van der Waals surface area contributed by atoms with Crippen LogP contribution in [0.2, 0.25) is 0 Å². The van der Waals surface area contributed by atoms with E-state index in [2.05, 4.69) is 11.8 Å². The Morgan fingerprint density at radius 3 is 2.71 bits per heavy atom. The van der Waals surface area contributed by atoms with E-state index in [9.17, 15) is 9.18 Å². The van der Waals surface area contributed by atoms with Gasteiger partial charge in [0, 0.05) is 18.2 Å². The van der Waals surface area contributed by atoms with E-state index in [1.165, 1.54) is 13.0 Å². The highest BCUT2D eigenvalue weighted by atomic mass is 19.1. The Morgan fingerprint density at radius 2 is 2.18 bits per heavy atom. The number of nitrogens with zero attached hydrogens (tertiary/aromatic N) is 1. The van der Waals surface area contributed by atoms with Gasteiger partial charge in [-0.3, -0.25) is 4.79 Å². The fourth-order valence-electron chi connectivity index (χ4n) is 2.20. The van der Waals surface area contributed by atoms with Gasteiger partial charge in [-0.05, 0) is 38.3 Å². The van der Waals surface area contributed by atoms with Gasteiger partial charge < -0.3 is 4.90 Å². The smallest absolute Gasteiger partial charge is 0.161 e. The molecule has 1 aliphatic carbocycles. The van der Waals surface area contributed by atoms with Crippen LogP contribution >= 0.6 is 0 Å². The first-order valence-electron chi connectivity index (χ1n) is 6.21. The third-order valence-electron chi connectivity index (χ3n) is 3.11. The van der Waals surface area contributed by atoms with Crippen molar-refractivity contribution in [2.45, 2.75) is 39.2 Å². The summed E-state index contributed by atoms with van der Waals surface area (Å²) < 4.78 is 14.0. The number of hydrogen-bond acceptors (Lipinski definition) is 2. The molecule has 0 radical (unpaired) electrons. The number of Topliss-reactive ketones (excluding diaryl/α,β-unsaturated/α-hetero) is 1. The van der Waals surface area contributed by atoms with E-state index in [0.29, 0.717) is 17.3 Å². The molecule has 1 aromatic rings. The van der Waals surface area contributed by atoms with Crippen LogP contribution < -0.4 is 4.90 Å². The summed E-state index contributed by atoms with van der Waals surface area (Å²) in [6.07, 6.45) is 3.17. The van der Waals surface area contributed by atoms with Crippen molar-refractivity contribution in [3.63, 3.8) is 0 Å². The van der Waals surface area contributed by atoms with Gasteiger partial charge in [0.05, 0.1) is 5.69 Å². The summed E-state index contributed by atoms with van der Waals surface area (Å²) in [5.74, 6) is -0.348. The van der Waals surface area contributed by atoms with Crippen LogP contribution in [-0.4, -0.2) is 18.4 Å². The van der Waals surface area contributed by atoms with Crippen LogP contribution in [0.1, 0.15) is 43.5 Å². The van der Waals surface area contributed by atoms with Crippen LogP contribution in [0.4, 0.5) is 10.1 Å². The van der Waals surface area contributed by atoms with Gasteiger partial charge in [-0.15, -0.1) is 0 Å². The molecule has 0 N–H and O–H groups in total. The van der Waals surface area contributed by atoms with Crippen molar-refractivity contribution < 1.29 is 9.18 Å². The van der Waals surface area contributed by atoms with E-state index in [1.54, 1.807) is 12.1 Å². The van der Waals surface area contributed by atoms with E-state index < -0.39 is 0 Å². The number of para-hydroxylation sites is 1. The molecule has 17 heavy (non-hydrogen) atoms. The maximum Gasteiger partial charge on any atom is 0.161 e. The largest absolute Gasteiger partial charge is 0.366 e. The van der Waals surface area contributed by atoms with Crippen molar-refractivity contribution in [1.29, 1.82) is 0 Å². The summed E-state index contributed by atoms with van der Waals surface area (Å²) in [5, 5.41) is 0. The number of anilines is 1. The van der Waals surface area contributed by atoms with Crippen LogP contribution in [0.3, 0.4) is 0 Å². The molecule has 0 saturated heterocycles. The Hall–Kier alpha value is -1.38. The molecule has 1 aliphatic rings. The average Bonchev–Trinajstić information content (AvgIpc) is 3.10. The standard InChI is InChI=1S/C14H18FNO/c1-3-9-16(11-7-8-11)14-12(10(2)17)5-4-6-13(14)15/h4-6,11H,3,7-9H2,1-2H3. The molecule has 0 heterocycles. The zero-order valence-corrected chi connectivity index (χ0v) is 10.4. The van der Waals surface area contributed by atoms with Gasteiger partial charge in [-0.2, -0.15) is 0 Å². The minimum absolute atomic E-state index is 0.0683. The summed E-state index contributed by atoms with van der Waals surface area (Å²) in [5.41, 5.74) is 1.01. The second-order valence-corrected chi connectivity index (χ2v) is 4.62. The normalized spacial score (nSPS) is 14.8. The second-order valence-electron chi connectivity index (χ2n) is 4.62. The van der Waals surface area contributed by atoms with Gasteiger partial charge in [-0.1, -0.05) is 13.0 Å². The van der Waals surface area contributed by atoms with E-state index in [1.807, 2.05) is 0 Å². The van der Waals surface area contributed by atoms with Crippen LogP contribution in [0.15, 0.2) is 18.2 Å². The molecule has 2 nitrogen and oxygen atoms in total. The fourth-order valence-corrected chi connectivity index (χ4v) is 2.20. The molecule has 3 heteroatoms. The number of halogens is 1. The van der Waals surface area contributed by atoms with Crippen LogP contribution in [0.25, 0.3) is 0 Å². The first kappa shape index (κ1) is 12.1. The first-order valence-corrected chi connectivity index (χ1v) is 6.21. The Labute approximate surface area is 101 Å². The highest BCUT2D eigenvalue weighted by molar-refractivity contribution is 6.00. The predicted octanol–water partition coefficient (Wildman–Crippen LogP) is 3.41. The van der Waals surface area contributed by atoms with Gasteiger partial charge in [0.15, 0.2) is 5.78 Å². The lowest BCUT2D eigenvalue weighted by molar-refractivity contribution is 0.101. The third-order valence-corrected chi connectivity index (χ3v) is 3.11. The minimum atomic E-state index is -0.280. The molecule has 0 amide bonds. The van der Waals surface area contributed by atoms with Gasteiger partial charge in [0.1, 0.15) is 5.82 Å². The van der Waals surface area contributed by atoms with Crippen molar-refractivity contribution >= 4 is 11.5 Å². The average molecular weight is 235 g/mol. The number of hydrogen-bond donors (Lipinski definition) is 0. The van der Waals surface area contributed by atoms with Crippen LogP contribution in [0.5, 0.6) is 0 Å². The molecule has 1 aromatic carbocycles. The zero-order chi connectivity index (χ0) is 12.4. The lowest BCUT2D eigenvalue weighted by atomic mass is 10.1. The van der Waals surface area contributed by atoms with Crippen molar-refractivity contribution in [3.8, 4) is 0 Å².